The number of amides is 1. The molecule has 5 nitrogen and oxygen atoms in total. The van der Waals surface area contributed by atoms with Crippen molar-refractivity contribution in [2.24, 2.45) is 0 Å². The second kappa shape index (κ2) is 13.4. The molecule has 0 aromatic heterocycles. The third-order valence-corrected chi connectivity index (χ3v) is 6.82. The Balaban J connectivity index is 1.43. The molecule has 1 amide bonds. The van der Waals surface area contributed by atoms with E-state index in [0.717, 1.165) is 11.1 Å². The summed E-state index contributed by atoms with van der Waals surface area (Å²) >= 11 is 24.4. The molecule has 0 bridgehead atoms. The Labute approximate surface area is 246 Å². The molecule has 0 fully saturated rings. The average molecular weight is 598 g/mol. The van der Waals surface area contributed by atoms with Crippen molar-refractivity contribution in [3.05, 3.63) is 127 Å². The Kier molecular flexibility index (Phi) is 9.75. The standard InChI is InChI=1S/C30H20Cl4N2O3/c31-23-6-12-29(39-17-19-5-11-27(33)28(34)13-19)21(15-23)14-22(16-35)30(37)36-24-7-9-25(10-8-24)38-18-20-3-1-2-4-26(20)32/h1-15H,17-18H2,(H,36,37)/b22-14+. The summed E-state index contributed by atoms with van der Waals surface area (Å²) in [6, 6.07) is 26.3. The second-order valence-corrected chi connectivity index (χ2v) is 9.91. The first kappa shape index (κ1) is 28.4. The molecule has 0 unspecified atom stereocenters. The Morgan fingerprint density at radius 3 is 2.31 bits per heavy atom. The molecule has 4 aromatic carbocycles. The topological polar surface area (TPSA) is 71.3 Å². The van der Waals surface area contributed by atoms with Crippen LogP contribution < -0.4 is 14.8 Å². The molecule has 0 atom stereocenters. The number of nitriles is 1. The smallest absolute Gasteiger partial charge is 0.266 e. The lowest BCUT2D eigenvalue weighted by molar-refractivity contribution is -0.112. The van der Waals surface area contributed by atoms with Crippen LogP contribution in [0.2, 0.25) is 20.1 Å². The zero-order valence-electron chi connectivity index (χ0n) is 20.3. The van der Waals surface area contributed by atoms with Gasteiger partial charge in [0.15, 0.2) is 0 Å². The van der Waals surface area contributed by atoms with E-state index < -0.39 is 5.91 Å². The number of carbonyl (C=O) groups excluding carboxylic acids is 1. The summed E-state index contributed by atoms with van der Waals surface area (Å²) in [6.07, 6.45) is 1.42. The summed E-state index contributed by atoms with van der Waals surface area (Å²) in [4.78, 5) is 12.9. The minimum absolute atomic E-state index is 0.129. The summed E-state index contributed by atoms with van der Waals surface area (Å²) in [5.41, 5.74) is 2.50. The zero-order valence-corrected chi connectivity index (χ0v) is 23.3. The molecule has 0 spiro atoms. The van der Waals surface area contributed by atoms with Crippen LogP contribution in [0.3, 0.4) is 0 Å². The van der Waals surface area contributed by atoms with Crippen LogP contribution in [0.5, 0.6) is 11.5 Å². The van der Waals surface area contributed by atoms with E-state index in [4.69, 9.17) is 55.9 Å². The third-order valence-electron chi connectivity index (χ3n) is 5.48. The van der Waals surface area contributed by atoms with Crippen molar-refractivity contribution in [3.8, 4) is 17.6 Å². The molecule has 4 aromatic rings. The van der Waals surface area contributed by atoms with Gasteiger partial charge in [-0.15, -0.1) is 0 Å². The summed E-state index contributed by atoms with van der Waals surface area (Å²) in [5, 5.41) is 14.3. The lowest BCUT2D eigenvalue weighted by Gasteiger charge is -2.11. The highest BCUT2D eigenvalue weighted by Gasteiger charge is 2.13. The Morgan fingerprint density at radius 1 is 0.821 bits per heavy atom. The van der Waals surface area contributed by atoms with Crippen molar-refractivity contribution in [2.45, 2.75) is 13.2 Å². The number of hydrogen-bond acceptors (Lipinski definition) is 4. The largest absolute Gasteiger partial charge is 0.489 e. The summed E-state index contributed by atoms with van der Waals surface area (Å²) in [7, 11) is 0. The fourth-order valence-electron chi connectivity index (χ4n) is 3.47. The van der Waals surface area contributed by atoms with Gasteiger partial charge in [-0.2, -0.15) is 5.26 Å². The van der Waals surface area contributed by atoms with Crippen molar-refractivity contribution >= 4 is 64.1 Å². The highest BCUT2D eigenvalue weighted by molar-refractivity contribution is 6.42. The van der Waals surface area contributed by atoms with Crippen LogP contribution in [0.15, 0.2) is 90.5 Å². The number of carbonyl (C=O) groups is 1. The maximum atomic E-state index is 12.9. The number of rotatable bonds is 9. The minimum Gasteiger partial charge on any atom is -0.489 e. The SMILES string of the molecule is N#C/C(=C\c1cc(Cl)ccc1OCc1ccc(Cl)c(Cl)c1)C(=O)Nc1ccc(OCc2ccccc2Cl)cc1. The van der Waals surface area contributed by atoms with Gasteiger partial charge in [0.1, 0.15) is 36.4 Å². The van der Waals surface area contributed by atoms with Gasteiger partial charge in [0.05, 0.1) is 10.0 Å². The van der Waals surface area contributed by atoms with Crippen molar-refractivity contribution < 1.29 is 14.3 Å². The van der Waals surface area contributed by atoms with Crippen molar-refractivity contribution in [2.75, 3.05) is 5.32 Å². The normalized spacial score (nSPS) is 11.0. The summed E-state index contributed by atoms with van der Waals surface area (Å²) < 4.78 is 11.7. The van der Waals surface area contributed by atoms with E-state index in [1.165, 1.54) is 6.08 Å². The van der Waals surface area contributed by atoms with Gasteiger partial charge in [0, 0.05) is 26.9 Å². The first-order valence-electron chi connectivity index (χ1n) is 11.6. The molecule has 4 rings (SSSR count). The molecule has 39 heavy (non-hydrogen) atoms. The van der Waals surface area contributed by atoms with Crippen LogP contribution in [0.25, 0.3) is 6.08 Å². The van der Waals surface area contributed by atoms with Crippen molar-refractivity contribution in [3.63, 3.8) is 0 Å². The quantitative estimate of drug-likeness (QED) is 0.154. The fourth-order valence-corrected chi connectivity index (χ4v) is 4.16. The Bertz CT molecular complexity index is 1560. The van der Waals surface area contributed by atoms with Gasteiger partial charge in [-0.25, -0.2) is 0 Å². The molecule has 0 aliphatic heterocycles. The molecule has 9 heteroatoms. The molecular weight excluding hydrogens is 578 g/mol. The first-order chi connectivity index (χ1) is 18.8. The fraction of sp³-hybridized carbons (Fsp3) is 0.0667. The van der Waals surface area contributed by atoms with Gasteiger partial charge in [0.2, 0.25) is 0 Å². The molecule has 0 saturated heterocycles. The van der Waals surface area contributed by atoms with E-state index in [1.54, 1.807) is 66.7 Å². The molecular formula is C30H20Cl4N2O3. The zero-order chi connectivity index (χ0) is 27.8. The molecule has 0 aliphatic carbocycles. The molecule has 0 saturated carbocycles. The molecule has 0 radical (unpaired) electrons. The number of benzene rings is 4. The van der Waals surface area contributed by atoms with E-state index in [9.17, 15) is 10.1 Å². The number of hydrogen-bond donors (Lipinski definition) is 1. The van der Waals surface area contributed by atoms with E-state index in [2.05, 4.69) is 5.32 Å². The van der Waals surface area contributed by atoms with Crippen LogP contribution in [-0.2, 0) is 18.0 Å². The number of anilines is 1. The third kappa shape index (κ3) is 7.92. The minimum atomic E-state index is -0.586. The van der Waals surface area contributed by atoms with Crippen LogP contribution in [0, 0.1) is 11.3 Å². The Morgan fingerprint density at radius 2 is 1.59 bits per heavy atom. The van der Waals surface area contributed by atoms with Crippen molar-refractivity contribution in [1.82, 2.24) is 0 Å². The average Bonchev–Trinajstić information content (AvgIpc) is 2.93. The molecule has 0 aliphatic rings. The highest BCUT2D eigenvalue weighted by atomic mass is 35.5. The van der Waals surface area contributed by atoms with Crippen LogP contribution in [0.4, 0.5) is 5.69 Å². The van der Waals surface area contributed by atoms with Gasteiger partial charge in [-0.3, -0.25) is 4.79 Å². The van der Waals surface area contributed by atoms with Gasteiger partial charge in [0.25, 0.3) is 5.91 Å². The van der Waals surface area contributed by atoms with E-state index >= 15 is 0 Å². The van der Waals surface area contributed by atoms with Gasteiger partial charge in [-0.1, -0.05) is 70.7 Å². The van der Waals surface area contributed by atoms with Crippen molar-refractivity contribution in [1.29, 1.82) is 5.26 Å². The van der Waals surface area contributed by atoms with Gasteiger partial charge >= 0.3 is 0 Å². The van der Waals surface area contributed by atoms with E-state index in [1.807, 2.05) is 24.3 Å². The van der Waals surface area contributed by atoms with Crippen LogP contribution in [-0.4, -0.2) is 5.91 Å². The lowest BCUT2D eigenvalue weighted by atomic mass is 10.1. The molecule has 0 heterocycles. The molecule has 196 valence electrons. The van der Waals surface area contributed by atoms with Gasteiger partial charge in [-0.05, 0) is 72.3 Å². The van der Waals surface area contributed by atoms with E-state index in [-0.39, 0.29) is 12.2 Å². The van der Waals surface area contributed by atoms with Crippen LogP contribution >= 0.6 is 46.4 Å². The summed E-state index contributed by atoms with van der Waals surface area (Å²) in [5.74, 6) is 0.454. The number of halogens is 4. The monoisotopic (exact) mass is 596 g/mol. The maximum Gasteiger partial charge on any atom is 0.266 e. The highest BCUT2D eigenvalue weighted by Crippen LogP contribution is 2.28. The van der Waals surface area contributed by atoms with E-state index in [0.29, 0.717) is 49.4 Å². The number of nitrogens with zero attached hydrogens (tertiary/aromatic N) is 1. The lowest BCUT2D eigenvalue weighted by Crippen LogP contribution is -2.13. The van der Waals surface area contributed by atoms with Gasteiger partial charge < -0.3 is 14.8 Å². The number of ether oxygens (including phenoxy) is 2. The maximum absolute atomic E-state index is 12.9. The molecule has 1 N–H and O–H groups in total. The predicted molar refractivity (Wildman–Crippen MR) is 157 cm³/mol. The second-order valence-electron chi connectivity index (χ2n) is 8.25. The van der Waals surface area contributed by atoms with Crippen LogP contribution in [0.1, 0.15) is 16.7 Å². The predicted octanol–water partition coefficient (Wildman–Crippen LogP) is 9.00. The summed E-state index contributed by atoms with van der Waals surface area (Å²) in [6.45, 7) is 0.500. The number of nitrogens with one attached hydrogen (secondary N) is 1. The first-order valence-corrected chi connectivity index (χ1v) is 13.1. The Hall–Kier alpha value is -3.66.